The van der Waals surface area contributed by atoms with E-state index in [9.17, 15) is 8.78 Å². The third kappa shape index (κ3) is 3.84. The first kappa shape index (κ1) is 16.0. The van der Waals surface area contributed by atoms with Gasteiger partial charge in [-0.05, 0) is 44.4 Å². The maximum atomic E-state index is 14.1. The Morgan fingerprint density at radius 2 is 1.82 bits per heavy atom. The molecule has 0 radical (unpaired) electrons. The van der Waals surface area contributed by atoms with E-state index in [4.69, 9.17) is 4.74 Å². The van der Waals surface area contributed by atoms with E-state index in [1.807, 2.05) is 19.0 Å². The fraction of sp³-hybridized carbons (Fsp3) is 0.222. The normalized spacial score (nSPS) is 10.3. The van der Waals surface area contributed by atoms with Gasteiger partial charge in [0.1, 0.15) is 17.4 Å². The highest BCUT2D eigenvalue weighted by molar-refractivity contribution is 5.73. The molecular weight excluding hydrogens is 284 g/mol. The van der Waals surface area contributed by atoms with Crippen molar-refractivity contribution in [1.82, 2.24) is 4.90 Å². The monoisotopic (exact) mass is 301 g/mol. The molecule has 0 bridgehead atoms. The summed E-state index contributed by atoms with van der Waals surface area (Å²) in [6, 6.07) is 8.76. The zero-order valence-corrected chi connectivity index (χ0v) is 12.8. The minimum absolute atomic E-state index is 0.300. The van der Waals surface area contributed by atoms with E-state index < -0.39 is 11.6 Å². The molecule has 22 heavy (non-hydrogen) atoms. The fourth-order valence-electron chi connectivity index (χ4n) is 1.98. The average Bonchev–Trinajstić information content (AvgIpc) is 2.47. The van der Waals surface area contributed by atoms with Gasteiger partial charge in [-0.2, -0.15) is 0 Å². The summed E-state index contributed by atoms with van der Waals surface area (Å²) in [4.78, 5) is 1.94. The van der Waals surface area contributed by atoms with Crippen molar-refractivity contribution in [2.24, 2.45) is 0 Å². The van der Waals surface area contributed by atoms with Crippen LogP contribution in [0.5, 0.6) is 5.75 Å². The van der Waals surface area contributed by atoms with Crippen LogP contribution in [0.2, 0.25) is 0 Å². The van der Waals surface area contributed by atoms with Crippen molar-refractivity contribution in [1.29, 1.82) is 0 Å². The average molecular weight is 301 g/mol. The van der Waals surface area contributed by atoms with Gasteiger partial charge in [0.15, 0.2) is 0 Å². The van der Waals surface area contributed by atoms with Crippen LogP contribution >= 0.6 is 0 Å². The van der Waals surface area contributed by atoms with E-state index in [1.54, 1.807) is 18.2 Å². The van der Waals surface area contributed by atoms with E-state index >= 15 is 0 Å². The summed E-state index contributed by atoms with van der Waals surface area (Å²) in [5, 5.41) is 0. The van der Waals surface area contributed by atoms with Crippen LogP contribution in [0.1, 0.15) is 5.56 Å². The number of nitrogens with zero attached hydrogens (tertiary/aromatic N) is 1. The van der Waals surface area contributed by atoms with E-state index in [0.717, 1.165) is 6.07 Å². The van der Waals surface area contributed by atoms with Crippen LogP contribution in [0.3, 0.4) is 0 Å². The van der Waals surface area contributed by atoms with Crippen molar-refractivity contribution < 1.29 is 13.5 Å². The van der Waals surface area contributed by atoms with Crippen LogP contribution in [-0.2, 0) is 0 Å². The minimum atomic E-state index is -0.621. The Hall–Kier alpha value is -2.38. The molecule has 0 N–H and O–H groups in total. The molecule has 0 heterocycles. The number of halogens is 2. The van der Waals surface area contributed by atoms with Crippen molar-refractivity contribution in [3.05, 3.63) is 53.6 Å². The van der Waals surface area contributed by atoms with Crippen LogP contribution in [0.25, 0.3) is 11.1 Å². The molecule has 2 aromatic rings. The maximum absolute atomic E-state index is 14.1. The van der Waals surface area contributed by atoms with Crippen molar-refractivity contribution in [2.75, 3.05) is 27.7 Å². The molecule has 0 aliphatic heterocycles. The van der Waals surface area contributed by atoms with Gasteiger partial charge in [-0.15, -0.1) is 0 Å². The quantitative estimate of drug-likeness (QED) is 0.804. The molecule has 0 unspecified atom stereocenters. The third-order valence-electron chi connectivity index (χ3n) is 3.07. The van der Waals surface area contributed by atoms with Gasteiger partial charge in [0.05, 0.1) is 13.7 Å². The fourth-order valence-corrected chi connectivity index (χ4v) is 1.98. The number of rotatable bonds is 3. The van der Waals surface area contributed by atoms with Gasteiger partial charge < -0.3 is 4.74 Å². The molecule has 0 aliphatic rings. The summed E-state index contributed by atoms with van der Waals surface area (Å²) in [6.07, 6.45) is 0. The van der Waals surface area contributed by atoms with E-state index in [1.165, 1.54) is 19.2 Å². The Kier molecular flexibility index (Phi) is 5.13. The van der Waals surface area contributed by atoms with Crippen LogP contribution < -0.4 is 4.74 Å². The van der Waals surface area contributed by atoms with Crippen LogP contribution in [0, 0.1) is 23.5 Å². The number of methoxy groups -OCH3 is 1. The van der Waals surface area contributed by atoms with E-state index in [0.29, 0.717) is 29.0 Å². The molecule has 0 aromatic heterocycles. The second-order valence-electron chi connectivity index (χ2n) is 5.08. The highest BCUT2D eigenvalue weighted by Crippen LogP contribution is 2.30. The molecule has 0 atom stereocenters. The van der Waals surface area contributed by atoms with Crippen molar-refractivity contribution >= 4 is 0 Å². The molecule has 4 heteroatoms. The molecule has 2 nitrogen and oxygen atoms in total. The molecule has 114 valence electrons. The number of ether oxygens (including phenoxy) is 1. The highest BCUT2D eigenvalue weighted by atomic mass is 19.1. The predicted octanol–water partition coefficient (Wildman–Crippen LogP) is 3.55. The first-order chi connectivity index (χ1) is 10.5. The van der Waals surface area contributed by atoms with Gasteiger partial charge in [0.2, 0.25) is 0 Å². The maximum Gasteiger partial charge on any atom is 0.133 e. The van der Waals surface area contributed by atoms with Crippen LogP contribution in [0.4, 0.5) is 8.78 Å². The second kappa shape index (κ2) is 7.06. The lowest BCUT2D eigenvalue weighted by Gasteiger charge is -2.09. The Morgan fingerprint density at radius 3 is 2.45 bits per heavy atom. The van der Waals surface area contributed by atoms with Gasteiger partial charge in [0.25, 0.3) is 0 Å². The third-order valence-corrected chi connectivity index (χ3v) is 3.07. The van der Waals surface area contributed by atoms with Gasteiger partial charge in [-0.1, -0.05) is 11.8 Å². The lowest BCUT2D eigenvalue weighted by molar-refractivity contribution is 0.415. The highest BCUT2D eigenvalue weighted by Gasteiger charge is 2.11. The number of hydrogen-bond acceptors (Lipinski definition) is 2. The van der Waals surface area contributed by atoms with E-state index in [-0.39, 0.29) is 0 Å². The first-order valence-electron chi connectivity index (χ1n) is 6.78. The Morgan fingerprint density at radius 1 is 1.05 bits per heavy atom. The summed E-state index contributed by atoms with van der Waals surface area (Å²) >= 11 is 0. The molecule has 0 aliphatic carbocycles. The molecule has 0 spiro atoms. The molecular formula is C18H17F2NO. The summed E-state index contributed by atoms with van der Waals surface area (Å²) in [6.45, 7) is 0.595. The predicted molar refractivity (Wildman–Crippen MR) is 83.8 cm³/mol. The summed E-state index contributed by atoms with van der Waals surface area (Å²) in [5.74, 6) is 5.41. The minimum Gasteiger partial charge on any atom is -0.497 e. The molecule has 2 aromatic carbocycles. The molecule has 2 rings (SSSR count). The Labute approximate surface area is 129 Å². The lowest BCUT2D eigenvalue weighted by Crippen LogP contribution is -2.10. The topological polar surface area (TPSA) is 12.5 Å². The smallest absolute Gasteiger partial charge is 0.133 e. The Bertz CT molecular complexity index is 730. The van der Waals surface area contributed by atoms with Crippen molar-refractivity contribution in [3.63, 3.8) is 0 Å². The second-order valence-corrected chi connectivity index (χ2v) is 5.08. The lowest BCUT2D eigenvalue weighted by atomic mass is 9.99. The van der Waals surface area contributed by atoms with Crippen LogP contribution in [0.15, 0.2) is 36.4 Å². The van der Waals surface area contributed by atoms with Crippen LogP contribution in [-0.4, -0.2) is 32.6 Å². The first-order valence-corrected chi connectivity index (χ1v) is 6.78. The molecule has 0 saturated heterocycles. The zero-order chi connectivity index (χ0) is 16.1. The van der Waals surface area contributed by atoms with Gasteiger partial charge in [0, 0.05) is 22.8 Å². The van der Waals surface area contributed by atoms with Crippen molar-refractivity contribution in [2.45, 2.75) is 0 Å². The molecule has 0 amide bonds. The number of benzene rings is 2. The summed E-state index contributed by atoms with van der Waals surface area (Å²) in [7, 11) is 5.38. The summed E-state index contributed by atoms with van der Waals surface area (Å²) in [5.41, 5.74) is 1.56. The molecule has 0 fully saturated rings. The standard InChI is InChI=1S/C18H17F2NO/c1-21(2)10-4-5-13-6-8-15(22-3)12-17(13)16-9-7-14(19)11-18(16)20/h6-9,11-12H,10H2,1-3H3. The number of hydrogen-bond donors (Lipinski definition) is 0. The largest absolute Gasteiger partial charge is 0.497 e. The van der Waals surface area contributed by atoms with Crippen molar-refractivity contribution in [3.8, 4) is 28.7 Å². The summed E-state index contributed by atoms with van der Waals surface area (Å²) < 4.78 is 32.4. The van der Waals surface area contributed by atoms with Gasteiger partial charge >= 0.3 is 0 Å². The Balaban J connectivity index is 2.52. The SMILES string of the molecule is COc1ccc(C#CCN(C)C)c(-c2ccc(F)cc2F)c1. The van der Waals surface area contributed by atoms with E-state index in [2.05, 4.69) is 11.8 Å². The zero-order valence-electron chi connectivity index (χ0n) is 12.8. The van der Waals surface area contributed by atoms with Gasteiger partial charge in [-0.3, -0.25) is 4.90 Å². The van der Waals surface area contributed by atoms with Gasteiger partial charge in [-0.25, -0.2) is 8.78 Å². The molecule has 0 saturated carbocycles.